The van der Waals surface area contributed by atoms with Crippen molar-refractivity contribution in [2.45, 2.75) is 24.9 Å². The zero-order chi connectivity index (χ0) is 31.9. The zero-order valence-corrected chi connectivity index (χ0v) is 24.1. The fraction of sp³-hybridized carbons (Fsp3) is 0.176. The molecule has 45 heavy (non-hydrogen) atoms. The summed E-state index contributed by atoms with van der Waals surface area (Å²) in [5.74, 6) is -4.65. The van der Waals surface area contributed by atoms with E-state index in [2.05, 4.69) is 16.0 Å². The Labute approximate surface area is 258 Å². The van der Waals surface area contributed by atoms with Crippen LogP contribution in [0.25, 0.3) is 10.8 Å². The van der Waals surface area contributed by atoms with Gasteiger partial charge in [-0.2, -0.15) is 0 Å². The number of amides is 5. The first-order chi connectivity index (χ1) is 21.7. The van der Waals surface area contributed by atoms with Gasteiger partial charge in [0, 0.05) is 29.4 Å². The summed E-state index contributed by atoms with van der Waals surface area (Å²) in [6.45, 7) is -1.16. The van der Waals surface area contributed by atoms with Crippen molar-refractivity contribution >= 4 is 46.3 Å². The molecule has 0 saturated carbocycles. The van der Waals surface area contributed by atoms with Gasteiger partial charge in [0.25, 0.3) is 11.8 Å². The van der Waals surface area contributed by atoms with Crippen LogP contribution in [-0.2, 0) is 32.0 Å². The second-order valence-corrected chi connectivity index (χ2v) is 10.6. The minimum Gasteiger partial charge on any atom is -0.480 e. The molecule has 0 aliphatic carbocycles. The van der Waals surface area contributed by atoms with Crippen LogP contribution in [0.2, 0.25) is 0 Å². The quantitative estimate of drug-likeness (QED) is 0.180. The maximum absolute atomic E-state index is 13.3. The number of carbonyl (C=O) groups is 6. The third-order valence-electron chi connectivity index (χ3n) is 7.44. The average Bonchev–Trinajstić information content (AvgIpc) is 3.04. The van der Waals surface area contributed by atoms with Gasteiger partial charge in [0.15, 0.2) is 0 Å². The highest BCUT2D eigenvalue weighted by atomic mass is 16.4. The maximum atomic E-state index is 13.3. The molecule has 0 saturated heterocycles. The lowest BCUT2D eigenvalue weighted by Gasteiger charge is -2.26. The van der Waals surface area contributed by atoms with Crippen molar-refractivity contribution in [1.29, 1.82) is 0 Å². The number of nitrogens with zero attached hydrogens (tertiary/aromatic N) is 1. The number of imide groups is 1. The topological polar surface area (TPSA) is 162 Å². The van der Waals surface area contributed by atoms with Crippen molar-refractivity contribution in [3.63, 3.8) is 0 Å². The van der Waals surface area contributed by atoms with Crippen LogP contribution in [0.15, 0.2) is 97.1 Å². The lowest BCUT2D eigenvalue weighted by molar-refractivity contribution is -0.142. The zero-order valence-electron chi connectivity index (χ0n) is 24.1. The lowest BCUT2D eigenvalue weighted by Crippen LogP contribution is -2.54. The highest BCUT2D eigenvalue weighted by molar-refractivity contribution is 6.26. The SMILES string of the molecule is O=C(CN1C(=O)c2cccc3cccc(c23)C1=O)NCC(=O)N[C@@H](Cc1ccccc1)C(=O)N[C@@H](Cc1ccccc1)C(=O)O. The van der Waals surface area contributed by atoms with Crippen LogP contribution in [0.5, 0.6) is 0 Å². The van der Waals surface area contributed by atoms with Crippen LogP contribution in [0, 0.1) is 0 Å². The van der Waals surface area contributed by atoms with Gasteiger partial charge in [-0.1, -0.05) is 84.9 Å². The lowest BCUT2D eigenvalue weighted by atomic mass is 9.94. The van der Waals surface area contributed by atoms with Crippen LogP contribution in [-0.4, -0.2) is 70.7 Å². The summed E-state index contributed by atoms with van der Waals surface area (Å²) in [5.41, 5.74) is 2.03. The highest BCUT2D eigenvalue weighted by Gasteiger charge is 2.34. The first-order valence-corrected chi connectivity index (χ1v) is 14.3. The van der Waals surface area contributed by atoms with Crippen molar-refractivity contribution in [1.82, 2.24) is 20.9 Å². The predicted molar refractivity (Wildman–Crippen MR) is 164 cm³/mol. The molecule has 11 heteroatoms. The summed E-state index contributed by atoms with van der Waals surface area (Å²) in [6.07, 6.45) is 0.0999. The van der Waals surface area contributed by atoms with E-state index in [0.29, 0.717) is 27.6 Å². The Bertz CT molecular complexity index is 1720. The Balaban J connectivity index is 1.22. The van der Waals surface area contributed by atoms with Gasteiger partial charge in [-0.25, -0.2) is 4.79 Å². The van der Waals surface area contributed by atoms with E-state index in [-0.39, 0.29) is 12.8 Å². The number of aliphatic carboxylic acids is 1. The van der Waals surface area contributed by atoms with Crippen molar-refractivity contribution in [2.75, 3.05) is 13.1 Å². The summed E-state index contributed by atoms with van der Waals surface area (Å²) in [5, 5.41) is 18.5. The normalized spacial score (nSPS) is 13.6. The maximum Gasteiger partial charge on any atom is 0.326 e. The van der Waals surface area contributed by atoms with Gasteiger partial charge in [0.05, 0.1) is 6.54 Å². The largest absolute Gasteiger partial charge is 0.480 e. The standard InChI is InChI=1S/C34H30N4O7/c39-28(19-35-29(40)20-38-32(42)24-15-7-13-23-14-8-16-25(30(23)24)33(38)43)36-26(17-21-9-3-1-4-10-21)31(41)37-27(34(44)45)18-22-11-5-2-6-12-22/h1-16,26-27H,17-20H2,(H,35,40)(H,36,39)(H,37,41)(H,44,45)/t26-,27-/m0/s1. The number of nitrogens with one attached hydrogen (secondary N) is 3. The third-order valence-corrected chi connectivity index (χ3v) is 7.44. The summed E-state index contributed by atoms with van der Waals surface area (Å²) in [7, 11) is 0. The molecule has 1 aliphatic heterocycles. The van der Waals surface area contributed by atoms with E-state index >= 15 is 0 Å². The van der Waals surface area contributed by atoms with Gasteiger partial charge in [0.2, 0.25) is 17.7 Å². The smallest absolute Gasteiger partial charge is 0.326 e. The Kier molecular flexibility index (Phi) is 9.28. The van der Waals surface area contributed by atoms with Gasteiger partial charge >= 0.3 is 5.97 Å². The molecule has 11 nitrogen and oxygen atoms in total. The Morgan fingerprint density at radius 2 is 1.18 bits per heavy atom. The van der Waals surface area contributed by atoms with Crippen molar-refractivity contribution in [3.8, 4) is 0 Å². The molecule has 0 spiro atoms. The number of benzene rings is 4. The van der Waals surface area contributed by atoms with Crippen LogP contribution in [0.4, 0.5) is 0 Å². The summed E-state index contributed by atoms with van der Waals surface area (Å²) >= 11 is 0. The molecule has 0 unspecified atom stereocenters. The second-order valence-electron chi connectivity index (χ2n) is 10.6. The van der Waals surface area contributed by atoms with Crippen molar-refractivity contribution < 1.29 is 33.9 Å². The molecule has 4 N–H and O–H groups in total. The number of hydrogen-bond acceptors (Lipinski definition) is 6. The van der Waals surface area contributed by atoms with Gasteiger partial charge in [-0.15, -0.1) is 0 Å². The fourth-order valence-corrected chi connectivity index (χ4v) is 5.23. The van der Waals surface area contributed by atoms with Crippen LogP contribution in [0.3, 0.4) is 0 Å². The molecule has 228 valence electrons. The van der Waals surface area contributed by atoms with Gasteiger partial charge in [0.1, 0.15) is 18.6 Å². The molecule has 4 aromatic carbocycles. The first kappa shape index (κ1) is 30.6. The number of hydrogen-bond donors (Lipinski definition) is 4. The van der Waals surface area contributed by atoms with Gasteiger partial charge in [-0.05, 0) is 28.6 Å². The summed E-state index contributed by atoms with van der Waals surface area (Å²) in [6, 6.07) is 25.4. The minimum absolute atomic E-state index is 0.0386. The number of rotatable bonds is 12. The highest BCUT2D eigenvalue weighted by Crippen LogP contribution is 2.29. The Morgan fingerprint density at radius 3 is 1.71 bits per heavy atom. The molecule has 0 radical (unpaired) electrons. The summed E-state index contributed by atoms with van der Waals surface area (Å²) in [4.78, 5) is 77.9. The molecule has 0 aromatic heterocycles. The van der Waals surface area contributed by atoms with Crippen molar-refractivity contribution in [2.24, 2.45) is 0 Å². The molecule has 4 aromatic rings. The van der Waals surface area contributed by atoms with E-state index in [1.807, 2.05) is 0 Å². The second kappa shape index (κ2) is 13.6. The Hall–Kier alpha value is -5.84. The van der Waals surface area contributed by atoms with Crippen molar-refractivity contribution in [3.05, 3.63) is 119 Å². The minimum atomic E-state index is -1.25. The molecular formula is C34H30N4O7. The molecule has 0 bridgehead atoms. The molecule has 1 heterocycles. The Morgan fingerprint density at radius 1 is 0.644 bits per heavy atom. The van der Waals surface area contributed by atoms with Gasteiger partial charge < -0.3 is 21.1 Å². The van der Waals surface area contributed by atoms with E-state index in [9.17, 15) is 33.9 Å². The fourth-order valence-electron chi connectivity index (χ4n) is 5.23. The monoisotopic (exact) mass is 606 g/mol. The predicted octanol–water partition coefficient (Wildman–Crippen LogP) is 2.09. The van der Waals surface area contributed by atoms with Gasteiger partial charge in [-0.3, -0.25) is 28.9 Å². The molecule has 1 aliphatic rings. The van der Waals surface area contributed by atoms with Crippen LogP contribution >= 0.6 is 0 Å². The number of carboxylic acids is 1. The van der Waals surface area contributed by atoms with E-state index in [4.69, 9.17) is 0 Å². The van der Waals surface area contributed by atoms with Crippen LogP contribution in [0.1, 0.15) is 31.8 Å². The molecular weight excluding hydrogens is 576 g/mol. The van der Waals surface area contributed by atoms with E-state index in [0.717, 1.165) is 10.3 Å². The molecule has 0 fully saturated rings. The first-order valence-electron chi connectivity index (χ1n) is 14.3. The summed E-state index contributed by atoms with van der Waals surface area (Å²) < 4.78 is 0. The molecule has 2 atom stereocenters. The van der Waals surface area contributed by atoms with E-state index < -0.39 is 60.7 Å². The molecule has 5 amide bonds. The molecule has 5 rings (SSSR count). The number of carbonyl (C=O) groups excluding carboxylic acids is 5. The number of carboxylic acid groups (broad SMARTS) is 1. The van der Waals surface area contributed by atoms with E-state index in [1.165, 1.54) is 0 Å². The van der Waals surface area contributed by atoms with E-state index in [1.54, 1.807) is 97.1 Å². The van der Waals surface area contributed by atoms with Crippen LogP contribution < -0.4 is 16.0 Å². The third kappa shape index (κ3) is 7.21. The average molecular weight is 607 g/mol.